The van der Waals surface area contributed by atoms with Crippen LogP contribution in [0, 0.1) is 0 Å². The molecule has 324 valence electrons. The molecule has 0 radical (unpaired) electrons. The van der Waals surface area contributed by atoms with Crippen LogP contribution in [0.15, 0.2) is 206 Å². The van der Waals surface area contributed by atoms with E-state index in [-0.39, 0.29) is 10.8 Å². The molecule has 0 fully saturated rings. The van der Waals surface area contributed by atoms with Gasteiger partial charge in [-0.2, -0.15) is 0 Å². The molecule has 4 heteroatoms. The van der Waals surface area contributed by atoms with E-state index in [1.165, 1.54) is 44.1 Å². The zero-order valence-corrected chi connectivity index (χ0v) is 38.9. The number of fused-ring (bicyclic) bond motifs is 4. The summed E-state index contributed by atoms with van der Waals surface area (Å²) in [4.78, 5) is 15.3. The molecule has 67 heavy (non-hydrogen) atoms. The van der Waals surface area contributed by atoms with Gasteiger partial charge in [0.2, 0.25) is 0 Å². The molecule has 0 amide bonds. The van der Waals surface area contributed by atoms with Crippen molar-refractivity contribution in [2.24, 2.45) is 0 Å². The van der Waals surface area contributed by atoms with E-state index in [2.05, 4.69) is 228 Å². The number of aromatic nitrogens is 4. The Balaban J connectivity index is 0.989. The Hall–Kier alpha value is -7.95. The van der Waals surface area contributed by atoms with Crippen molar-refractivity contribution in [2.75, 3.05) is 0 Å². The first-order chi connectivity index (χ1) is 32.5. The fourth-order valence-corrected chi connectivity index (χ4v) is 9.49. The summed E-state index contributed by atoms with van der Waals surface area (Å²) < 4.78 is 2.47. The topological polar surface area (TPSA) is 43.6 Å². The fourth-order valence-electron chi connectivity index (χ4n) is 9.49. The van der Waals surface area contributed by atoms with Crippen LogP contribution in [0.3, 0.4) is 0 Å². The zero-order valence-electron chi connectivity index (χ0n) is 38.9. The highest BCUT2D eigenvalue weighted by Crippen LogP contribution is 2.41. The molecule has 0 bridgehead atoms. The minimum Gasteiger partial charge on any atom is -0.309 e. The maximum atomic E-state index is 5.17. The molecular weight excluding hydrogens is 813 g/mol. The van der Waals surface area contributed by atoms with Crippen LogP contribution in [0.25, 0.3) is 106 Å². The van der Waals surface area contributed by atoms with E-state index in [0.29, 0.717) is 17.5 Å². The molecule has 2 aromatic heterocycles. The Morgan fingerprint density at radius 1 is 0.299 bits per heavy atom. The second kappa shape index (κ2) is 16.5. The van der Waals surface area contributed by atoms with Crippen molar-refractivity contribution in [2.45, 2.75) is 52.4 Å². The third-order valence-electron chi connectivity index (χ3n) is 13.2. The number of hydrogen-bond donors (Lipinski definition) is 0. The lowest BCUT2D eigenvalue weighted by Crippen LogP contribution is -2.10. The number of nitrogens with zero attached hydrogens (tertiary/aromatic N) is 4. The molecule has 0 aliphatic rings. The molecule has 0 spiro atoms. The van der Waals surface area contributed by atoms with Crippen molar-refractivity contribution in [3.63, 3.8) is 0 Å². The summed E-state index contributed by atoms with van der Waals surface area (Å²) in [5, 5.41) is 4.80. The molecular formula is C63H52N4. The second-order valence-electron chi connectivity index (χ2n) is 19.7. The van der Waals surface area contributed by atoms with E-state index in [1.807, 2.05) is 24.3 Å². The third-order valence-corrected chi connectivity index (χ3v) is 13.2. The molecule has 11 aromatic rings. The van der Waals surface area contributed by atoms with Gasteiger partial charge in [0, 0.05) is 33.0 Å². The smallest absolute Gasteiger partial charge is 0.164 e. The molecule has 2 heterocycles. The van der Waals surface area contributed by atoms with Crippen molar-refractivity contribution in [3.8, 4) is 73.2 Å². The Morgan fingerprint density at radius 3 is 1.27 bits per heavy atom. The molecule has 4 nitrogen and oxygen atoms in total. The number of benzene rings is 9. The van der Waals surface area contributed by atoms with Crippen LogP contribution < -0.4 is 0 Å². The Kier molecular flexibility index (Phi) is 10.3. The maximum absolute atomic E-state index is 5.17. The highest BCUT2D eigenvalue weighted by Gasteiger charge is 2.23. The second-order valence-corrected chi connectivity index (χ2v) is 19.7. The largest absolute Gasteiger partial charge is 0.309 e. The Bertz CT molecular complexity index is 3540. The van der Waals surface area contributed by atoms with E-state index < -0.39 is 0 Å². The van der Waals surface area contributed by atoms with Crippen molar-refractivity contribution >= 4 is 32.6 Å². The van der Waals surface area contributed by atoms with Crippen molar-refractivity contribution < 1.29 is 0 Å². The van der Waals surface area contributed by atoms with Gasteiger partial charge in [-0.1, -0.05) is 211 Å². The lowest BCUT2D eigenvalue weighted by atomic mass is 9.85. The van der Waals surface area contributed by atoms with Crippen molar-refractivity contribution in [1.29, 1.82) is 0 Å². The van der Waals surface area contributed by atoms with Gasteiger partial charge in [0.05, 0.1) is 16.7 Å². The standard InChI is InChI=1S/C63H52N4/c1-62(2,3)47-33-37-57-54(39-47)55-40-48(63(4,5)6)34-38-58(55)67(57)56-24-16-15-21-50(56)44-29-27-43(28-30-44)49-35-36-53(52-23-14-13-22-51(49)52)61-65-59(45-19-11-8-12-20-45)64-60(66-61)46-31-25-42(26-32-46)41-17-9-7-10-18-41/h7-40H,1-6H3. The van der Waals surface area contributed by atoms with Gasteiger partial charge in [-0.05, 0) is 96.9 Å². The van der Waals surface area contributed by atoms with Crippen molar-refractivity contribution in [1.82, 2.24) is 19.5 Å². The predicted octanol–water partition coefficient (Wildman–Crippen LogP) is 16.7. The molecule has 0 aliphatic carbocycles. The van der Waals surface area contributed by atoms with Gasteiger partial charge in [0.1, 0.15) is 0 Å². The summed E-state index contributed by atoms with van der Waals surface area (Å²) in [7, 11) is 0. The average molecular weight is 865 g/mol. The molecule has 0 atom stereocenters. The number of para-hydroxylation sites is 1. The molecule has 0 saturated carbocycles. The van der Waals surface area contributed by atoms with Crippen LogP contribution in [-0.4, -0.2) is 19.5 Å². The van der Waals surface area contributed by atoms with E-state index in [0.717, 1.165) is 55.4 Å². The molecule has 9 aromatic carbocycles. The van der Waals surface area contributed by atoms with Gasteiger partial charge in [-0.3, -0.25) is 0 Å². The summed E-state index contributed by atoms with van der Waals surface area (Å²) in [6.07, 6.45) is 0. The van der Waals surface area contributed by atoms with Crippen molar-refractivity contribution in [3.05, 3.63) is 217 Å². The van der Waals surface area contributed by atoms with E-state index in [9.17, 15) is 0 Å². The van der Waals surface area contributed by atoms with Crippen LogP contribution in [-0.2, 0) is 10.8 Å². The van der Waals surface area contributed by atoms with Crippen LogP contribution in [0.1, 0.15) is 52.7 Å². The maximum Gasteiger partial charge on any atom is 0.164 e. The average Bonchev–Trinajstić information content (AvgIpc) is 3.69. The number of rotatable bonds is 7. The first kappa shape index (κ1) is 41.7. The van der Waals surface area contributed by atoms with Gasteiger partial charge < -0.3 is 4.57 Å². The molecule has 0 N–H and O–H groups in total. The predicted molar refractivity (Wildman–Crippen MR) is 282 cm³/mol. The van der Waals surface area contributed by atoms with Gasteiger partial charge in [-0.15, -0.1) is 0 Å². The highest BCUT2D eigenvalue weighted by molar-refractivity contribution is 6.10. The van der Waals surface area contributed by atoms with Gasteiger partial charge in [0.25, 0.3) is 0 Å². The first-order valence-electron chi connectivity index (χ1n) is 23.3. The summed E-state index contributed by atoms with van der Waals surface area (Å²) in [5.41, 5.74) is 16.1. The summed E-state index contributed by atoms with van der Waals surface area (Å²) in [6, 6.07) is 74.1. The van der Waals surface area contributed by atoms with Crippen LogP contribution >= 0.6 is 0 Å². The van der Waals surface area contributed by atoms with Crippen LogP contribution in [0.2, 0.25) is 0 Å². The van der Waals surface area contributed by atoms with Gasteiger partial charge >= 0.3 is 0 Å². The molecule has 0 unspecified atom stereocenters. The first-order valence-corrected chi connectivity index (χ1v) is 23.3. The van der Waals surface area contributed by atoms with Crippen LogP contribution in [0.4, 0.5) is 0 Å². The van der Waals surface area contributed by atoms with Gasteiger partial charge in [-0.25, -0.2) is 15.0 Å². The monoisotopic (exact) mass is 864 g/mol. The van der Waals surface area contributed by atoms with Gasteiger partial charge in [0.15, 0.2) is 17.5 Å². The summed E-state index contributed by atoms with van der Waals surface area (Å²) >= 11 is 0. The normalized spacial score (nSPS) is 12.0. The third kappa shape index (κ3) is 7.79. The SMILES string of the molecule is CC(C)(C)c1ccc2c(c1)c1cc(C(C)(C)C)ccc1n2-c1ccccc1-c1ccc(-c2ccc(-c3nc(-c4ccccc4)nc(-c4ccc(-c5ccccc5)cc4)n3)c3ccccc23)cc1. The van der Waals surface area contributed by atoms with E-state index in [4.69, 9.17) is 15.0 Å². The zero-order chi connectivity index (χ0) is 45.9. The lowest BCUT2D eigenvalue weighted by Gasteiger charge is -2.19. The highest BCUT2D eigenvalue weighted by atomic mass is 15.0. The fraction of sp³-hybridized carbons (Fsp3) is 0.127. The number of hydrogen-bond acceptors (Lipinski definition) is 3. The quantitative estimate of drug-likeness (QED) is 0.160. The Labute approximate surface area is 393 Å². The Morgan fingerprint density at radius 2 is 0.701 bits per heavy atom. The van der Waals surface area contributed by atoms with E-state index in [1.54, 1.807) is 0 Å². The minimum atomic E-state index is 0.0361. The van der Waals surface area contributed by atoms with Crippen LogP contribution in [0.5, 0.6) is 0 Å². The lowest BCUT2D eigenvalue weighted by molar-refractivity contribution is 0.590. The summed E-state index contributed by atoms with van der Waals surface area (Å²) in [6.45, 7) is 13.8. The molecule has 0 aliphatic heterocycles. The molecule has 11 rings (SSSR count). The summed E-state index contributed by atoms with van der Waals surface area (Å²) in [5.74, 6) is 1.92. The minimum absolute atomic E-state index is 0.0361. The van der Waals surface area contributed by atoms with E-state index >= 15 is 0 Å². The molecule has 0 saturated heterocycles.